The van der Waals surface area contributed by atoms with Gasteiger partial charge in [-0.2, -0.15) is 0 Å². The van der Waals surface area contributed by atoms with Gasteiger partial charge in [0.1, 0.15) is 5.84 Å². The van der Waals surface area contributed by atoms with Crippen molar-refractivity contribution in [3.05, 3.63) is 11.1 Å². The van der Waals surface area contributed by atoms with Crippen LogP contribution in [-0.4, -0.2) is 24.1 Å². The second-order valence-corrected chi connectivity index (χ2v) is 3.51. The Bertz CT molecular complexity index is 170. The standard InChI is InChI=1S/C7H14BrN3O/c1-6(8)5-10-4-2-3-7(9)11-12/h10,12H,1-5H2,(H2,9,11). The lowest BCUT2D eigenvalue weighted by Gasteiger charge is -2.01. The minimum absolute atomic E-state index is 0.273. The minimum Gasteiger partial charge on any atom is -0.409 e. The molecule has 0 spiro atoms. The van der Waals surface area contributed by atoms with E-state index >= 15 is 0 Å². The van der Waals surface area contributed by atoms with E-state index in [0.29, 0.717) is 6.42 Å². The Kier molecular flexibility index (Phi) is 6.79. The fourth-order valence-electron chi connectivity index (χ4n) is 0.669. The molecule has 0 saturated heterocycles. The summed E-state index contributed by atoms with van der Waals surface area (Å²) in [4.78, 5) is 0. The van der Waals surface area contributed by atoms with Gasteiger partial charge < -0.3 is 16.3 Å². The molecule has 0 aliphatic carbocycles. The quantitative estimate of drug-likeness (QED) is 0.212. The van der Waals surface area contributed by atoms with Gasteiger partial charge in [-0.3, -0.25) is 0 Å². The normalized spacial score (nSPS) is 11.6. The first-order valence-corrected chi connectivity index (χ1v) is 4.46. The molecule has 0 amide bonds. The van der Waals surface area contributed by atoms with Crippen LogP contribution < -0.4 is 11.1 Å². The van der Waals surface area contributed by atoms with Crippen LogP contribution in [0.5, 0.6) is 0 Å². The van der Waals surface area contributed by atoms with Crippen LogP contribution in [0, 0.1) is 0 Å². The van der Waals surface area contributed by atoms with E-state index in [9.17, 15) is 0 Å². The van der Waals surface area contributed by atoms with Crippen molar-refractivity contribution in [2.45, 2.75) is 12.8 Å². The van der Waals surface area contributed by atoms with Gasteiger partial charge in [-0.1, -0.05) is 27.7 Å². The molecule has 0 bridgehead atoms. The second kappa shape index (κ2) is 7.12. The highest BCUT2D eigenvalue weighted by Crippen LogP contribution is 1.96. The summed E-state index contributed by atoms with van der Waals surface area (Å²) in [5.74, 6) is 0.273. The summed E-state index contributed by atoms with van der Waals surface area (Å²) in [7, 11) is 0. The molecule has 5 heteroatoms. The molecular formula is C7H14BrN3O. The fourth-order valence-corrected chi connectivity index (χ4v) is 0.867. The van der Waals surface area contributed by atoms with Crippen molar-refractivity contribution in [3.8, 4) is 0 Å². The predicted octanol–water partition coefficient (Wildman–Crippen LogP) is 1.01. The predicted molar refractivity (Wildman–Crippen MR) is 53.6 cm³/mol. The highest BCUT2D eigenvalue weighted by atomic mass is 79.9. The molecule has 0 atom stereocenters. The first kappa shape index (κ1) is 11.4. The van der Waals surface area contributed by atoms with Gasteiger partial charge in [0, 0.05) is 17.4 Å². The Morgan fingerprint density at radius 2 is 2.33 bits per heavy atom. The number of amidine groups is 1. The Morgan fingerprint density at radius 3 is 2.83 bits per heavy atom. The molecule has 0 aromatic heterocycles. The van der Waals surface area contributed by atoms with Crippen molar-refractivity contribution in [2.24, 2.45) is 10.9 Å². The van der Waals surface area contributed by atoms with Gasteiger partial charge in [0.2, 0.25) is 0 Å². The van der Waals surface area contributed by atoms with Crippen molar-refractivity contribution in [1.29, 1.82) is 0 Å². The second-order valence-electron chi connectivity index (χ2n) is 2.39. The van der Waals surface area contributed by atoms with E-state index in [-0.39, 0.29) is 5.84 Å². The lowest BCUT2D eigenvalue weighted by atomic mass is 10.3. The number of oxime groups is 1. The van der Waals surface area contributed by atoms with Crippen LogP contribution in [0.15, 0.2) is 16.2 Å². The van der Waals surface area contributed by atoms with Crippen LogP contribution >= 0.6 is 15.9 Å². The molecule has 0 fully saturated rings. The van der Waals surface area contributed by atoms with E-state index in [1.54, 1.807) is 0 Å². The largest absolute Gasteiger partial charge is 0.409 e. The zero-order valence-electron chi connectivity index (χ0n) is 6.89. The van der Waals surface area contributed by atoms with Gasteiger partial charge >= 0.3 is 0 Å². The van der Waals surface area contributed by atoms with E-state index in [1.165, 1.54) is 0 Å². The fraction of sp³-hybridized carbons (Fsp3) is 0.571. The molecule has 12 heavy (non-hydrogen) atoms. The number of nitrogens with two attached hydrogens (primary N) is 1. The summed E-state index contributed by atoms with van der Waals surface area (Å²) >= 11 is 3.22. The van der Waals surface area contributed by atoms with E-state index < -0.39 is 0 Å². The maximum atomic E-state index is 8.20. The maximum absolute atomic E-state index is 8.20. The summed E-state index contributed by atoms with van der Waals surface area (Å²) in [6, 6.07) is 0. The summed E-state index contributed by atoms with van der Waals surface area (Å²) in [6.45, 7) is 5.25. The van der Waals surface area contributed by atoms with Gasteiger partial charge in [0.25, 0.3) is 0 Å². The molecule has 0 aliphatic heterocycles. The smallest absolute Gasteiger partial charge is 0.139 e. The highest BCUT2D eigenvalue weighted by molar-refractivity contribution is 9.11. The first-order valence-electron chi connectivity index (χ1n) is 3.67. The summed E-state index contributed by atoms with van der Waals surface area (Å²) in [5.41, 5.74) is 5.26. The molecule has 0 aromatic carbocycles. The maximum Gasteiger partial charge on any atom is 0.139 e. The minimum atomic E-state index is 0.273. The summed E-state index contributed by atoms with van der Waals surface area (Å²) in [5, 5.41) is 14.2. The van der Waals surface area contributed by atoms with Gasteiger partial charge in [-0.15, -0.1) is 0 Å². The van der Waals surface area contributed by atoms with E-state index in [2.05, 4.69) is 33.0 Å². The van der Waals surface area contributed by atoms with Crippen LogP contribution in [-0.2, 0) is 0 Å². The van der Waals surface area contributed by atoms with Crippen molar-refractivity contribution >= 4 is 21.8 Å². The number of nitrogens with zero attached hydrogens (tertiary/aromatic N) is 1. The third-order valence-corrected chi connectivity index (χ3v) is 1.51. The van der Waals surface area contributed by atoms with E-state index in [4.69, 9.17) is 10.9 Å². The van der Waals surface area contributed by atoms with Gasteiger partial charge in [-0.05, 0) is 13.0 Å². The molecule has 70 valence electrons. The van der Waals surface area contributed by atoms with Crippen LogP contribution in [0.4, 0.5) is 0 Å². The molecule has 0 aliphatic rings. The first-order chi connectivity index (χ1) is 5.66. The van der Waals surface area contributed by atoms with E-state index in [1.807, 2.05) is 0 Å². The Labute approximate surface area is 80.6 Å². The van der Waals surface area contributed by atoms with Crippen molar-refractivity contribution in [2.75, 3.05) is 13.1 Å². The molecule has 0 rings (SSSR count). The number of nitrogens with one attached hydrogen (secondary N) is 1. The molecule has 4 nitrogen and oxygen atoms in total. The number of hydrogen-bond acceptors (Lipinski definition) is 3. The van der Waals surface area contributed by atoms with Crippen LogP contribution in [0.2, 0.25) is 0 Å². The molecular weight excluding hydrogens is 222 g/mol. The summed E-state index contributed by atoms with van der Waals surface area (Å²) in [6.07, 6.45) is 1.47. The third-order valence-electron chi connectivity index (χ3n) is 1.23. The average molecular weight is 236 g/mol. The zero-order valence-corrected chi connectivity index (χ0v) is 8.47. The molecule has 0 heterocycles. The van der Waals surface area contributed by atoms with Gasteiger partial charge in [-0.25, -0.2) is 0 Å². The van der Waals surface area contributed by atoms with Crippen molar-refractivity contribution in [3.63, 3.8) is 0 Å². The zero-order chi connectivity index (χ0) is 9.40. The van der Waals surface area contributed by atoms with Crippen LogP contribution in [0.3, 0.4) is 0 Å². The lowest BCUT2D eigenvalue weighted by Crippen LogP contribution is -2.19. The van der Waals surface area contributed by atoms with E-state index in [0.717, 1.165) is 24.0 Å². The summed E-state index contributed by atoms with van der Waals surface area (Å²) < 4.78 is 0.922. The molecule has 0 radical (unpaired) electrons. The van der Waals surface area contributed by atoms with Gasteiger partial charge in [0.05, 0.1) is 0 Å². The van der Waals surface area contributed by atoms with Crippen LogP contribution in [0.25, 0.3) is 0 Å². The highest BCUT2D eigenvalue weighted by Gasteiger charge is 1.93. The number of hydrogen-bond donors (Lipinski definition) is 3. The molecule has 0 unspecified atom stereocenters. The lowest BCUT2D eigenvalue weighted by molar-refractivity contribution is 0.316. The van der Waals surface area contributed by atoms with Crippen molar-refractivity contribution in [1.82, 2.24) is 5.32 Å². The van der Waals surface area contributed by atoms with Gasteiger partial charge in [0.15, 0.2) is 0 Å². The Balaban J connectivity index is 3.16. The van der Waals surface area contributed by atoms with Crippen molar-refractivity contribution < 1.29 is 5.21 Å². The SMILES string of the molecule is C=C(Br)CNCCCC(N)=NO. The average Bonchev–Trinajstić information content (AvgIpc) is 2.03. The Hall–Kier alpha value is -0.550. The third kappa shape index (κ3) is 7.56. The Morgan fingerprint density at radius 1 is 1.67 bits per heavy atom. The topological polar surface area (TPSA) is 70.6 Å². The van der Waals surface area contributed by atoms with Crippen LogP contribution in [0.1, 0.15) is 12.8 Å². The molecule has 0 aromatic rings. The number of halogens is 1. The monoisotopic (exact) mass is 235 g/mol. The molecule has 4 N–H and O–H groups in total. The molecule has 0 saturated carbocycles. The number of rotatable bonds is 6.